The Morgan fingerprint density at radius 3 is 2.47 bits per heavy atom. The highest BCUT2D eigenvalue weighted by Gasteiger charge is 2.13. The van der Waals surface area contributed by atoms with Crippen LogP contribution in [0.4, 0.5) is 0 Å². The van der Waals surface area contributed by atoms with Crippen molar-refractivity contribution in [2.24, 2.45) is 14.1 Å². The minimum absolute atomic E-state index is 0.0905. The van der Waals surface area contributed by atoms with E-state index in [-0.39, 0.29) is 12.3 Å². The predicted octanol–water partition coefficient (Wildman–Crippen LogP) is 3.33. The van der Waals surface area contributed by atoms with Gasteiger partial charge in [0.05, 0.1) is 18.1 Å². The van der Waals surface area contributed by atoms with E-state index < -0.39 is 6.10 Å². The Bertz CT molecular complexity index is 1310. The summed E-state index contributed by atoms with van der Waals surface area (Å²) in [7, 11) is 5.16. The van der Waals surface area contributed by atoms with Gasteiger partial charge in [-0.2, -0.15) is 0 Å². The van der Waals surface area contributed by atoms with Crippen molar-refractivity contribution in [1.29, 1.82) is 0 Å². The summed E-state index contributed by atoms with van der Waals surface area (Å²) in [4.78, 5) is 12.1. The molecule has 0 saturated heterocycles. The average molecular weight is 462 g/mol. The van der Waals surface area contributed by atoms with Crippen LogP contribution in [0.2, 0.25) is 0 Å². The Labute approximate surface area is 199 Å². The quantitative estimate of drug-likeness (QED) is 0.354. The van der Waals surface area contributed by atoms with E-state index in [1.54, 1.807) is 30.3 Å². The number of hydrogen-bond donors (Lipinski definition) is 2. The van der Waals surface area contributed by atoms with Gasteiger partial charge in [0.25, 0.3) is 0 Å². The molecule has 0 aliphatic heterocycles. The third kappa shape index (κ3) is 5.16. The molecule has 0 aliphatic carbocycles. The zero-order valence-electron chi connectivity index (χ0n) is 19.8. The SMILES string of the molecule is COc1ccccc1CCNCc1ccc(OC[C@H](O)c2ccc3c(c2)n(C)c(=O)n3C)cc1. The summed E-state index contributed by atoms with van der Waals surface area (Å²) in [5.74, 6) is 1.62. The molecule has 0 radical (unpaired) electrons. The van der Waals surface area contributed by atoms with E-state index in [1.807, 2.05) is 60.7 Å². The fourth-order valence-corrected chi connectivity index (χ4v) is 4.07. The first-order chi connectivity index (χ1) is 16.5. The second-order valence-electron chi connectivity index (χ2n) is 8.36. The van der Waals surface area contributed by atoms with Gasteiger partial charge in [0.15, 0.2) is 0 Å². The van der Waals surface area contributed by atoms with Gasteiger partial charge in [-0.1, -0.05) is 36.4 Å². The van der Waals surface area contributed by atoms with Crippen LogP contribution in [0.1, 0.15) is 22.8 Å². The molecule has 1 aromatic heterocycles. The van der Waals surface area contributed by atoms with Crippen LogP contribution in [0.25, 0.3) is 11.0 Å². The number of imidazole rings is 1. The van der Waals surface area contributed by atoms with Crippen LogP contribution in [0.3, 0.4) is 0 Å². The highest BCUT2D eigenvalue weighted by atomic mass is 16.5. The molecule has 178 valence electrons. The lowest BCUT2D eigenvalue weighted by Crippen LogP contribution is -2.19. The third-order valence-corrected chi connectivity index (χ3v) is 6.10. The Balaban J connectivity index is 1.27. The summed E-state index contributed by atoms with van der Waals surface area (Å²) < 4.78 is 14.4. The van der Waals surface area contributed by atoms with Crippen molar-refractivity contribution in [1.82, 2.24) is 14.5 Å². The van der Waals surface area contributed by atoms with Crippen LogP contribution in [0.5, 0.6) is 11.5 Å². The number of para-hydroxylation sites is 1. The number of aliphatic hydroxyl groups is 1. The number of aryl methyl sites for hydroxylation is 2. The van der Waals surface area contributed by atoms with Crippen molar-refractivity contribution in [2.75, 3.05) is 20.3 Å². The molecule has 7 heteroatoms. The van der Waals surface area contributed by atoms with E-state index in [9.17, 15) is 9.90 Å². The maximum absolute atomic E-state index is 12.1. The number of benzene rings is 3. The number of aliphatic hydroxyl groups excluding tert-OH is 1. The number of nitrogens with zero attached hydrogens (tertiary/aromatic N) is 2. The molecule has 0 unspecified atom stereocenters. The normalized spacial score (nSPS) is 12.1. The molecule has 4 aromatic rings. The van der Waals surface area contributed by atoms with E-state index >= 15 is 0 Å². The molecule has 0 aliphatic rings. The molecule has 2 N–H and O–H groups in total. The maximum atomic E-state index is 12.1. The van der Waals surface area contributed by atoms with Crippen LogP contribution in [0.15, 0.2) is 71.5 Å². The van der Waals surface area contributed by atoms with Crippen molar-refractivity contribution in [2.45, 2.75) is 19.1 Å². The zero-order valence-corrected chi connectivity index (χ0v) is 19.8. The molecule has 3 aromatic carbocycles. The van der Waals surface area contributed by atoms with Gasteiger partial charge in [0.1, 0.15) is 24.2 Å². The number of methoxy groups -OCH3 is 1. The molecule has 7 nitrogen and oxygen atoms in total. The predicted molar refractivity (Wildman–Crippen MR) is 133 cm³/mol. The molecule has 0 saturated carbocycles. The van der Waals surface area contributed by atoms with E-state index in [2.05, 4.69) is 11.4 Å². The summed E-state index contributed by atoms with van der Waals surface area (Å²) >= 11 is 0. The molecule has 0 bridgehead atoms. The fourth-order valence-electron chi connectivity index (χ4n) is 4.07. The van der Waals surface area contributed by atoms with Crippen LogP contribution < -0.4 is 20.5 Å². The second kappa shape index (κ2) is 10.6. The minimum Gasteiger partial charge on any atom is -0.496 e. The smallest absolute Gasteiger partial charge is 0.328 e. The Morgan fingerprint density at radius 2 is 1.71 bits per heavy atom. The number of nitrogens with one attached hydrogen (secondary N) is 1. The van der Waals surface area contributed by atoms with Gasteiger partial charge < -0.3 is 19.9 Å². The van der Waals surface area contributed by atoms with Crippen molar-refractivity contribution < 1.29 is 14.6 Å². The Morgan fingerprint density at radius 1 is 0.971 bits per heavy atom. The summed E-state index contributed by atoms with van der Waals surface area (Å²) in [5.41, 5.74) is 4.58. The van der Waals surface area contributed by atoms with E-state index in [1.165, 1.54) is 5.56 Å². The molecule has 0 spiro atoms. The third-order valence-electron chi connectivity index (χ3n) is 6.10. The lowest BCUT2D eigenvalue weighted by atomic mass is 10.1. The van der Waals surface area contributed by atoms with E-state index in [0.717, 1.165) is 41.9 Å². The van der Waals surface area contributed by atoms with Crippen molar-refractivity contribution in [3.63, 3.8) is 0 Å². The first kappa shape index (κ1) is 23.6. The second-order valence-corrected chi connectivity index (χ2v) is 8.36. The van der Waals surface area contributed by atoms with Gasteiger partial charge in [-0.25, -0.2) is 4.79 Å². The highest BCUT2D eigenvalue weighted by Crippen LogP contribution is 2.21. The number of hydrogen-bond acceptors (Lipinski definition) is 5. The van der Waals surface area contributed by atoms with E-state index in [4.69, 9.17) is 9.47 Å². The number of rotatable bonds is 10. The van der Waals surface area contributed by atoms with Crippen LogP contribution in [-0.2, 0) is 27.1 Å². The summed E-state index contributed by atoms with van der Waals surface area (Å²) in [6.07, 6.45) is 0.0995. The van der Waals surface area contributed by atoms with Gasteiger partial charge in [-0.3, -0.25) is 9.13 Å². The van der Waals surface area contributed by atoms with Gasteiger partial charge in [0, 0.05) is 20.6 Å². The topological polar surface area (TPSA) is 77.7 Å². The fraction of sp³-hybridized carbons (Fsp3) is 0.296. The van der Waals surface area contributed by atoms with Crippen molar-refractivity contribution in [3.8, 4) is 11.5 Å². The van der Waals surface area contributed by atoms with E-state index in [0.29, 0.717) is 11.3 Å². The summed E-state index contributed by atoms with van der Waals surface area (Å²) in [6.45, 7) is 1.73. The number of aromatic nitrogens is 2. The standard InChI is InChI=1S/C27H31N3O4/c1-29-23-13-10-21(16-24(23)30(2)27(29)32)25(31)18-34-22-11-8-19(9-12-22)17-28-15-14-20-6-4-5-7-26(20)33-3/h4-13,16,25,28,31H,14-15,17-18H2,1-3H3/t25-/m0/s1. The summed E-state index contributed by atoms with van der Waals surface area (Å²) in [6, 6.07) is 21.4. The largest absolute Gasteiger partial charge is 0.496 e. The highest BCUT2D eigenvalue weighted by molar-refractivity contribution is 5.77. The first-order valence-electron chi connectivity index (χ1n) is 11.4. The zero-order chi connectivity index (χ0) is 24.1. The van der Waals surface area contributed by atoms with Crippen molar-refractivity contribution >= 4 is 11.0 Å². The molecular weight excluding hydrogens is 430 g/mol. The molecule has 1 atom stereocenters. The van der Waals surface area contributed by atoms with Crippen LogP contribution >= 0.6 is 0 Å². The maximum Gasteiger partial charge on any atom is 0.328 e. The molecule has 34 heavy (non-hydrogen) atoms. The molecule has 0 fully saturated rings. The first-order valence-corrected chi connectivity index (χ1v) is 11.4. The lowest BCUT2D eigenvalue weighted by molar-refractivity contribution is 0.108. The Hall–Kier alpha value is -3.55. The van der Waals surface area contributed by atoms with Crippen LogP contribution in [0, 0.1) is 0 Å². The van der Waals surface area contributed by atoms with Crippen LogP contribution in [-0.4, -0.2) is 34.5 Å². The monoisotopic (exact) mass is 461 g/mol. The van der Waals surface area contributed by atoms with Gasteiger partial charge in [-0.15, -0.1) is 0 Å². The lowest BCUT2D eigenvalue weighted by Gasteiger charge is -2.14. The molecular formula is C27H31N3O4. The van der Waals surface area contributed by atoms with Gasteiger partial charge in [0.2, 0.25) is 0 Å². The summed E-state index contributed by atoms with van der Waals surface area (Å²) in [5, 5.41) is 14.1. The average Bonchev–Trinajstić information content (AvgIpc) is 3.09. The molecule has 4 rings (SSSR count). The number of ether oxygens (including phenoxy) is 2. The number of fused-ring (bicyclic) bond motifs is 1. The molecule has 0 amide bonds. The van der Waals surface area contributed by atoms with Crippen molar-refractivity contribution in [3.05, 3.63) is 93.9 Å². The molecule has 1 heterocycles. The Kier molecular flexibility index (Phi) is 7.35. The minimum atomic E-state index is -0.795. The van der Waals surface area contributed by atoms with Gasteiger partial charge >= 0.3 is 5.69 Å². The van der Waals surface area contributed by atoms with Gasteiger partial charge in [-0.05, 0) is 60.0 Å².